The van der Waals surface area contributed by atoms with Crippen LogP contribution in [0.4, 0.5) is 9.18 Å². The lowest BCUT2D eigenvalue weighted by atomic mass is 10.1. The number of hydrogen-bond acceptors (Lipinski definition) is 5. The molecule has 0 aromatic heterocycles. The van der Waals surface area contributed by atoms with Gasteiger partial charge in [-0.25, -0.2) is 14.0 Å². The number of carbonyl (C=O) groups is 2. The number of aliphatic carboxylic acids is 1. The number of nitrogens with zero attached hydrogens (tertiary/aromatic N) is 1. The van der Waals surface area contributed by atoms with Gasteiger partial charge in [-0.1, -0.05) is 54.6 Å². The standard InChI is InChI=1S/C31H36FNO6/c1-2-37-29(30(34)35)22-25-13-17-28(18-14-25)38-21-20-33(19-7-6-10-24-8-4-3-5-9-24)31(36)39-23-26-11-15-27(32)16-12-26/h3-5,8-9,11-18,29H,2,6-7,10,19-23H2,1H3,(H,34,35). The van der Waals surface area contributed by atoms with Crippen molar-refractivity contribution in [3.63, 3.8) is 0 Å². The van der Waals surface area contributed by atoms with Gasteiger partial charge in [0, 0.05) is 19.6 Å². The summed E-state index contributed by atoms with van der Waals surface area (Å²) in [6.45, 7) is 3.26. The van der Waals surface area contributed by atoms with Crippen LogP contribution in [0.1, 0.15) is 36.5 Å². The van der Waals surface area contributed by atoms with Gasteiger partial charge in [0.15, 0.2) is 6.10 Å². The first kappa shape index (κ1) is 29.6. The second-order valence-electron chi connectivity index (χ2n) is 9.09. The van der Waals surface area contributed by atoms with Crippen molar-refractivity contribution in [2.75, 3.05) is 26.3 Å². The molecule has 8 heteroatoms. The van der Waals surface area contributed by atoms with E-state index in [4.69, 9.17) is 14.2 Å². The maximum atomic E-state index is 13.2. The summed E-state index contributed by atoms with van der Waals surface area (Å²) in [7, 11) is 0. The zero-order chi connectivity index (χ0) is 27.9. The number of unbranched alkanes of at least 4 members (excludes halogenated alkanes) is 1. The molecular weight excluding hydrogens is 501 g/mol. The van der Waals surface area contributed by atoms with E-state index in [1.54, 1.807) is 36.1 Å². The molecule has 39 heavy (non-hydrogen) atoms. The summed E-state index contributed by atoms with van der Waals surface area (Å²) in [4.78, 5) is 25.8. The Morgan fingerprint density at radius 3 is 2.23 bits per heavy atom. The Labute approximate surface area is 229 Å². The molecule has 0 aliphatic heterocycles. The minimum atomic E-state index is -0.993. The molecule has 0 bridgehead atoms. The monoisotopic (exact) mass is 537 g/mol. The van der Waals surface area contributed by atoms with Crippen molar-refractivity contribution in [1.82, 2.24) is 4.90 Å². The largest absolute Gasteiger partial charge is 0.492 e. The fourth-order valence-corrected chi connectivity index (χ4v) is 4.02. The van der Waals surface area contributed by atoms with Gasteiger partial charge in [0.1, 0.15) is 24.8 Å². The van der Waals surface area contributed by atoms with Crippen LogP contribution in [-0.4, -0.2) is 54.5 Å². The Morgan fingerprint density at radius 2 is 1.56 bits per heavy atom. The number of carbonyl (C=O) groups excluding carboxylic acids is 1. The Kier molecular flexibility index (Phi) is 12.3. The Balaban J connectivity index is 1.51. The smallest absolute Gasteiger partial charge is 0.410 e. The fraction of sp³-hybridized carbons (Fsp3) is 0.355. The molecule has 7 nitrogen and oxygen atoms in total. The molecule has 0 fully saturated rings. The van der Waals surface area contributed by atoms with E-state index < -0.39 is 18.2 Å². The highest BCUT2D eigenvalue weighted by Crippen LogP contribution is 2.15. The first-order valence-corrected chi connectivity index (χ1v) is 13.2. The summed E-state index contributed by atoms with van der Waals surface area (Å²) in [5.41, 5.74) is 2.79. The minimum Gasteiger partial charge on any atom is -0.492 e. The number of carboxylic acids is 1. The lowest BCUT2D eigenvalue weighted by molar-refractivity contribution is -0.149. The van der Waals surface area contributed by atoms with Gasteiger partial charge in [0.25, 0.3) is 0 Å². The number of carboxylic acid groups (broad SMARTS) is 1. The molecule has 0 saturated heterocycles. The van der Waals surface area contributed by atoms with Gasteiger partial charge in [0.2, 0.25) is 0 Å². The van der Waals surface area contributed by atoms with E-state index in [0.29, 0.717) is 31.0 Å². The van der Waals surface area contributed by atoms with Crippen molar-refractivity contribution in [2.24, 2.45) is 0 Å². The van der Waals surface area contributed by atoms with Gasteiger partial charge in [-0.2, -0.15) is 0 Å². The van der Waals surface area contributed by atoms with Gasteiger partial charge < -0.3 is 24.2 Å². The molecule has 0 aliphatic rings. The lowest BCUT2D eigenvalue weighted by Gasteiger charge is -2.22. The third-order valence-electron chi connectivity index (χ3n) is 6.14. The fourth-order valence-electron chi connectivity index (χ4n) is 4.02. The molecule has 0 radical (unpaired) electrons. The van der Waals surface area contributed by atoms with Crippen LogP contribution < -0.4 is 4.74 Å². The van der Waals surface area contributed by atoms with Crippen LogP contribution in [-0.2, 0) is 33.7 Å². The first-order chi connectivity index (χ1) is 18.9. The number of aryl methyl sites for hydroxylation is 1. The SMILES string of the molecule is CCOC(Cc1ccc(OCCN(CCCCc2ccccc2)C(=O)OCc2ccc(F)cc2)cc1)C(=O)O. The maximum Gasteiger partial charge on any atom is 0.410 e. The molecule has 1 N–H and O–H groups in total. The molecule has 0 heterocycles. The van der Waals surface area contributed by atoms with Crippen molar-refractivity contribution in [3.05, 3.63) is 101 Å². The van der Waals surface area contributed by atoms with Crippen LogP contribution in [0.5, 0.6) is 5.75 Å². The van der Waals surface area contributed by atoms with E-state index in [9.17, 15) is 19.1 Å². The third-order valence-corrected chi connectivity index (χ3v) is 6.14. The number of amides is 1. The number of halogens is 1. The van der Waals surface area contributed by atoms with E-state index in [1.807, 2.05) is 30.3 Å². The molecule has 3 aromatic rings. The van der Waals surface area contributed by atoms with Gasteiger partial charge in [0.05, 0.1) is 6.54 Å². The zero-order valence-corrected chi connectivity index (χ0v) is 22.3. The zero-order valence-electron chi connectivity index (χ0n) is 22.3. The molecule has 1 unspecified atom stereocenters. The van der Waals surface area contributed by atoms with E-state index in [0.717, 1.165) is 24.8 Å². The van der Waals surface area contributed by atoms with Gasteiger partial charge in [-0.15, -0.1) is 0 Å². The lowest BCUT2D eigenvalue weighted by Crippen LogP contribution is -2.36. The summed E-state index contributed by atoms with van der Waals surface area (Å²) in [6, 6.07) is 23.2. The van der Waals surface area contributed by atoms with E-state index in [1.165, 1.54) is 17.7 Å². The van der Waals surface area contributed by atoms with E-state index >= 15 is 0 Å². The van der Waals surface area contributed by atoms with Crippen LogP contribution in [0.2, 0.25) is 0 Å². The van der Waals surface area contributed by atoms with Crippen LogP contribution >= 0.6 is 0 Å². The first-order valence-electron chi connectivity index (χ1n) is 13.2. The highest BCUT2D eigenvalue weighted by atomic mass is 19.1. The Morgan fingerprint density at radius 1 is 0.872 bits per heavy atom. The van der Waals surface area contributed by atoms with Crippen LogP contribution in [0, 0.1) is 5.82 Å². The topological polar surface area (TPSA) is 85.3 Å². The van der Waals surface area contributed by atoms with Gasteiger partial charge in [-0.05, 0) is 67.1 Å². The molecule has 208 valence electrons. The van der Waals surface area contributed by atoms with Gasteiger partial charge >= 0.3 is 12.1 Å². The van der Waals surface area contributed by atoms with Crippen LogP contribution in [0.25, 0.3) is 0 Å². The van der Waals surface area contributed by atoms with Gasteiger partial charge in [-0.3, -0.25) is 0 Å². The van der Waals surface area contributed by atoms with Crippen LogP contribution in [0.3, 0.4) is 0 Å². The second-order valence-corrected chi connectivity index (χ2v) is 9.09. The summed E-state index contributed by atoms with van der Waals surface area (Å²) in [5.74, 6) is -0.718. The summed E-state index contributed by atoms with van der Waals surface area (Å²) >= 11 is 0. The van der Waals surface area contributed by atoms with Crippen molar-refractivity contribution < 1.29 is 33.3 Å². The second kappa shape index (κ2) is 16.1. The van der Waals surface area contributed by atoms with Crippen LogP contribution in [0.15, 0.2) is 78.9 Å². The molecule has 0 spiro atoms. The number of rotatable bonds is 16. The van der Waals surface area contributed by atoms with Crippen molar-refractivity contribution in [3.8, 4) is 5.75 Å². The Hall–Kier alpha value is -3.91. The quantitative estimate of drug-likeness (QED) is 0.229. The number of benzene rings is 3. The summed E-state index contributed by atoms with van der Waals surface area (Å²) < 4.78 is 29.8. The number of ether oxygens (including phenoxy) is 3. The van der Waals surface area contributed by atoms with E-state index in [2.05, 4.69) is 12.1 Å². The molecule has 3 aromatic carbocycles. The number of hydrogen-bond donors (Lipinski definition) is 1. The molecular formula is C31H36FNO6. The average molecular weight is 538 g/mol. The highest BCUT2D eigenvalue weighted by molar-refractivity contribution is 5.72. The predicted molar refractivity (Wildman–Crippen MR) is 146 cm³/mol. The van der Waals surface area contributed by atoms with Crippen molar-refractivity contribution >= 4 is 12.1 Å². The molecule has 0 aliphatic carbocycles. The molecule has 1 atom stereocenters. The molecule has 3 rings (SSSR count). The van der Waals surface area contributed by atoms with Crippen molar-refractivity contribution in [2.45, 2.75) is 45.3 Å². The predicted octanol–water partition coefficient (Wildman–Crippen LogP) is 5.90. The summed E-state index contributed by atoms with van der Waals surface area (Å²) in [6.07, 6.45) is 1.58. The molecule has 1 amide bonds. The third kappa shape index (κ3) is 10.8. The average Bonchev–Trinajstić information content (AvgIpc) is 2.95. The maximum absolute atomic E-state index is 13.2. The molecule has 0 saturated carbocycles. The van der Waals surface area contributed by atoms with E-state index in [-0.39, 0.29) is 25.5 Å². The summed E-state index contributed by atoms with van der Waals surface area (Å²) in [5, 5.41) is 9.28. The normalized spacial score (nSPS) is 11.5. The minimum absolute atomic E-state index is 0.0566. The highest BCUT2D eigenvalue weighted by Gasteiger charge is 2.18. The Bertz CT molecular complexity index is 1140. The van der Waals surface area contributed by atoms with Crippen molar-refractivity contribution in [1.29, 1.82) is 0 Å².